The summed E-state index contributed by atoms with van der Waals surface area (Å²) in [7, 11) is 0. The van der Waals surface area contributed by atoms with E-state index in [1.165, 1.54) is 5.56 Å². The number of nitriles is 1. The number of benzene rings is 2. The van der Waals surface area contributed by atoms with Gasteiger partial charge in [0.2, 0.25) is 5.91 Å². The van der Waals surface area contributed by atoms with Crippen LogP contribution in [0.25, 0.3) is 0 Å². The van der Waals surface area contributed by atoms with Gasteiger partial charge in [-0.25, -0.2) is 0 Å². The van der Waals surface area contributed by atoms with Gasteiger partial charge in [0.15, 0.2) is 0 Å². The Labute approximate surface area is 164 Å². The Morgan fingerprint density at radius 3 is 2.78 bits per heavy atom. The van der Waals surface area contributed by atoms with Gasteiger partial charge >= 0.3 is 0 Å². The van der Waals surface area contributed by atoms with E-state index in [9.17, 15) is 4.79 Å². The maximum Gasteiger partial charge on any atom is 0.238 e. The SMILES string of the molecule is CCOc1ccc(C2CCCN2CC(=O)Nc2ccc(C#N)c(Cl)c2)cc1. The van der Waals surface area contributed by atoms with E-state index in [-0.39, 0.29) is 11.9 Å². The first-order chi connectivity index (χ1) is 13.1. The molecule has 1 heterocycles. The van der Waals surface area contributed by atoms with E-state index in [1.54, 1.807) is 18.2 Å². The molecule has 1 N–H and O–H groups in total. The molecule has 6 heteroatoms. The molecule has 1 atom stereocenters. The minimum atomic E-state index is -0.0892. The van der Waals surface area contributed by atoms with Gasteiger partial charge < -0.3 is 10.1 Å². The summed E-state index contributed by atoms with van der Waals surface area (Å²) in [5.41, 5.74) is 2.19. The first-order valence-electron chi connectivity index (χ1n) is 9.07. The van der Waals surface area contributed by atoms with Crippen LogP contribution in [0.4, 0.5) is 5.69 Å². The quantitative estimate of drug-likeness (QED) is 0.803. The second-order valence-corrected chi connectivity index (χ2v) is 6.89. The average Bonchev–Trinajstić information content (AvgIpc) is 3.11. The van der Waals surface area contributed by atoms with Crippen molar-refractivity contribution in [1.29, 1.82) is 5.26 Å². The molecule has 1 aliphatic heterocycles. The van der Waals surface area contributed by atoms with Gasteiger partial charge in [0.1, 0.15) is 11.8 Å². The van der Waals surface area contributed by atoms with Crippen molar-refractivity contribution in [2.45, 2.75) is 25.8 Å². The molecule has 0 bridgehead atoms. The molecule has 1 aliphatic rings. The fourth-order valence-corrected chi connectivity index (χ4v) is 3.64. The highest BCUT2D eigenvalue weighted by molar-refractivity contribution is 6.32. The van der Waals surface area contributed by atoms with Crippen molar-refractivity contribution in [3.63, 3.8) is 0 Å². The van der Waals surface area contributed by atoms with E-state index in [2.05, 4.69) is 22.3 Å². The van der Waals surface area contributed by atoms with E-state index in [4.69, 9.17) is 21.6 Å². The Balaban J connectivity index is 1.62. The molecule has 27 heavy (non-hydrogen) atoms. The standard InChI is InChI=1S/C21H22ClN3O2/c1-2-27-18-9-6-15(7-10-18)20-4-3-11-25(20)14-21(26)24-17-8-5-16(13-23)19(22)12-17/h5-10,12,20H,2-4,11,14H2,1H3,(H,24,26). The van der Waals surface area contributed by atoms with Crippen LogP contribution in [-0.4, -0.2) is 30.5 Å². The molecule has 5 nitrogen and oxygen atoms in total. The van der Waals surface area contributed by atoms with Gasteiger partial charge in [-0.05, 0) is 62.2 Å². The number of hydrogen-bond acceptors (Lipinski definition) is 4. The number of hydrogen-bond donors (Lipinski definition) is 1. The van der Waals surface area contributed by atoms with Gasteiger partial charge in [-0.15, -0.1) is 0 Å². The van der Waals surface area contributed by atoms with E-state index in [0.717, 1.165) is 25.1 Å². The Bertz CT molecular complexity index is 845. The lowest BCUT2D eigenvalue weighted by Crippen LogP contribution is -2.32. The summed E-state index contributed by atoms with van der Waals surface area (Å²) in [5, 5.41) is 12.1. The number of carbonyl (C=O) groups excluding carboxylic acids is 1. The summed E-state index contributed by atoms with van der Waals surface area (Å²) < 4.78 is 5.50. The first kappa shape index (κ1) is 19.2. The Hall–Kier alpha value is -2.55. The van der Waals surface area contributed by atoms with Crippen LogP contribution >= 0.6 is 11.6 Å². The topological polar surface area (TPSA) is 65.4 Å². The average molecular weight is 384 g/mol. The number of carbonyl (C=O) groups is 1. The third-order valence-corrected chi connectivity index (χ3v) is 4.97. The lowest BCUT2D eigenvalue weighted by Gasteiger charge is -2.24. The predicted octanol–water partition coefficient (Wildman–Crippen LogP) is 4.39. The summed E-state index contributed by atoms with van der Waals surface area (Å²) >= 11 is 6.03. The Morgan fingerprint density at radius 2 is 2.11 bits per heavy atom. The van der Waals surface area contributed by atoms with Crippen molar-refractivity contribution in [3.05, 3.63) is 58.6 Å². The van der Waals surface area contributed by atoms with E-state index < -0.39 is 0 Å². The van der Waals surface area contributed by atoms with Crippen LogP contribution in [0.5, 0.6) is 5.75 Å². The lowest BCUT2D eigenvalue weighted by atomic mass is 10.0. The Kier molecular flexibility index (Phi) is 6.33. The maximum absolute atomic E-state index is 12.5. The third kappa shape index (κ3) is 4.79. The normalized spacial score (nSPS) is 16.7. The summed E-state index contributed by atoms with van der Waals surface area (Å²) in [4.78, 5) is 14.7. The van der Waals surface area contributed by atoms with Gasteiger partial charge in [0, 0.05) is 11.7 Å². The number of nitrogens with zero attached hydrogens (tertiary/aromatic N) is 2. The molecule has 1 fully saturated rings. The summed E-state index contributed by atoms with van der Waals surface area (Å²) in [6.45, 7) is 3.82. The maximum atomic E-state index is 12.5. The van der Waals surface area contributed by atoms with Gasteiger partial charge in [0.25, 0.3) is 0 Å². The summed E-state index contributed by atoms with van der Waals surface area (Å²) in [6.07, 6.45) is 2.10. The Morgan fingerprint density at radius 1 is 1.33 bits per heavy atom. The molecule has 2 aromatic rings. The van der Waals surface area contributed by atoms with Gasteiger partial charge in [0.05, 0.1) is 23.7 Å². The molecule has 0 aromatic heterocycles. The smallest absolute Gasteiger partial charge is 0.238 e. The van der Waals surface area contributed by atoms with Crippen molar-refractivity contribution >= 4 is 23.2 Å². The van der Waals surface area contributed by atoms with Crippen molar-refractivity contribution in [1.82, 2.24) is 4.90 Å². The first-order valence-corrected chi connectivity index (χ1v) is 9.45. The van der Waals surface area contributed by atoms with E-state index in [0.29, 0.717) is 29.4 Å². The van der Waals surface area contributed by atoms with Crippen LogP contribution in [0.15, 0.2) is 42.5 Å². The van der Waals surface area contributed by atoms with Crippen LogP contribution in [0.2, 0.25) is 5.02 Å². The molecule has 1 unspecified atom stereocenters. The molecule has 2 aromatic carbocycles. The highest BCUT2D eigenvalue weighted by atomic mass is 35.5. The molecule has 1 saturated heterocycles. The van der Waals surface area contributed by atoms with Crippen LogP contribution in [0, 0.1) is 11.3 Å². The van der Waals surface area contributed by atoms with Crippen LogP contribution < -0.4 is 10.1 Å². The molecule has 0 aliphatic carbocycles. The highest BCUT2D eigenvalue weighted by Gasteiger charge is 2.27. The zero-order valence-corrected chi connectivity index (χ0v) is 16.0. The molecule has 0 saturated carbocycles. The third-order valence-electron chi connectivity index (χ3n) is 4.66. The van der Waals surface area contributed by atoms with Gasteiger partial charge in [-0.1, -0.05) is 23.7 Å². The van der Waals surface area contributed by atoms with Crippen LogP contribution in [0.3, 0.4) is 0 Å². The number of anilines is 1. The van der Waals surface area contributed by atoms with Gasteiger partial charge in [-0.3, -0.25) is 9.69 Å². The summed E-state index contributed by atoms with van der Waals surface area (Å²) in [6, 6.07) is 15.3. The monoisotopic (exact) mass is 383 g/mol. The highest BCUT2D eigenvalue weighted by Crippen LogP contribution is 2.32. The number of rotatable bonds is 6. The number of amides is 1. The molecule has 140 valence electrons. The molecule has 0 spiro atoms. The molecule has 0 radical (unpaired) electrons. The largest absolute Gasteiger partial charge is 0.494 e. The zero-order chi connectivity index (χ0) is 19.2. The zero-order valence-electron chi connectivity index (χ0n) is 15.2. The molecule has 1 amide bonds. The predicted molar refractivity (Wildman–Crippen MR) is 106 cm³/mol. The second-order valence-electron chi connectivity index (χ2n) is 6.49. The molecular weight excluding hydrogens is 362 g/mol. The minimum absolute atomic E-state index is 0.0892. The van der Waals surface area contributed by atoms with Crippen molar-refractivity contribution in [2.75, 3.05) is 25.0 Å². The van der Waals surface area contributed by atoms with E-state index in [1.807, 2.05) is 25.1 Å². The second kappa shape index (κ2) is 8.90. The number of halogens is 1. The van der Waals surface area contributed by atoms with Crippen LogP contribution in [0.1, 0.15) is 36.9 Å². The number of nitrogens with one attached hydrogen (secondary N) is 1. The fourth-order valence-electron chi connectivity index (χ4n) is 3.41. The fraction of sp³-hybridized carbons (Fsp3) is 0.333. The van der Waals surface area contributed by atoms with E-state index >= 15 is 0 Å². The van der Waals surface area contributed by atoms with Crippen molar-refractivity contribution in [3.8, 4) is 11.8 Å². The van der Waals surface area contributed by atoms with Crippen molar-refractivity contribution < 1.29 is 9.53 Å². The van der Waals surface area contributed by atoms with Crippen molar-refractivity contribution in [2.24, 2.45) is 0 Å². The minimum Gasteiger partial charge on any atom is -0.494 e. The lowest BCUT2D eigenvalue weighted by molar-refractivity contribution is -0.117. The number of likely N-dealkylation sites (tertiary alicyclic amines) is 1. The molecule has 3 rings (SSSR count). The van der Waals surface area contributed by atoms with Gasteiger partial charge in [-0.2, -0.15) is 5.26 Å². The number of ether oxygens (including phenoxy) is 1. The summed E-state index contributed by atoms with van der Waals surface area (Å²) in [5.74, 6) is 0.773. The van der Waals surface area contributed by atoms with Crippen LogP contribution in [-0.2, 0) is 4.79 Å². The molecular formula is C21H22ClN3O2.